The van der Waals surface area contributed by atoms with Gasteiger partial charge in [0.2, 0.25) is 17.6 Å². The third-order valence-corrected chi connectivity index (χ3v) is 7.99. The molecule has 1 saturated heterocycles. The maximum atomic E-state index is 13.8. The van der Waals surface area contributed by atoms with Gasteiger partial charge in [0.1, 0.15) is 18.3 Å². The van der Waals surface area contributed by atoms with Crippen molar-refractivity contribution >= 4 is 34.5 Å². The number of methoxy groups -OCH3 is 1. The molecule has 0 spiro atoms. The van der Waals surface area contributed by atoms with Crippen molar-refractivity contribution in [1.29, 1.82) is 0 Å². The minimum Gasteiger partial charge on any atom is -0.497 e. The zero-order valence-electron chi connectivity index (χ0n) is 20.9. The number of benzene rings is 1. The molecule has 5 rings (SSSR count). The second-order valence-electron chi connectivity index (χ2n) is 8.77. The lowest BCUT2D eigenvalue weighted by atomic mass is 10.1. The van der Waals surface area contributed by atoms with E-state index in [0.29, 0.717) is 19.0 Å². The Bertz CT molecular complexity index is 1320. The molecule has 0 bridgehead atoms. The smallest absolute Gasteiger partial charge is 0.248 e. The molecule has 12 heteroatoms. The van der Waals surface area contributed by atoms with Crippen molar-refractivity contribution in [3.8, 4) is 17.1 Å². The molecule has 0 aliphatic carbocycles. The fourth-order valence-corrected chi connectivity index (χ4v) is 5.80. The number of hydrogen-bond acceptors (Lipinski definition) is 9. The molecule has 4 heterocycles. The molecule has 198 valence electrons. The number of amides is 2. The van der Waals surface area contributed by atoms with Crippen molar-refractivity contribution in [2.24, 2.45) is 0 Å². The van der Waals surface area contributed by atoms with E-state index in [1.807, 2.05) is 59.3 Å². The minimum atomic E-state index is -0.796. The van der Waals surface area contributed by atoms with Gasteiger partial charge >= 0.3 is 0 Å². The summed E-state index contributed by atoms with van der Waals surface area (Å²) in [6, 6.07) is 14.1. The molecule has 0 unspecified atom stereocenters. The SMILES string of the molecule is COc1ccc(-c2nnn(CC(=O)N(Cc3cccs3)[C@H](C(=O)NC[C@@H]3CCCO3)c3cccs3)n2)cc1. The average Bonchev–Trinajstić information content (AvgIpc) is 3.76. The van der Waals surface area contributed by atoms with Gasteiger partial charge in [-0.25, -0.2) is 0 Å². The Morgan fingerprint density at radius 1 is 1.18 bits per heavy atom. The molecule has 1 aliphatic heterocycles. The van der Waals surface area contributed by atoms with Crippen LogP contribution in [-0.4, -0.2) is 63.3 Å². The van der Waals surface area contributed by atoms with E-state index in [-0.39, 0.29) is 31.0 Å². The first kappa shape index (κ1) is 26.0. The van der Waals surface area contributed by atoms with E-state index >= 15 is 0 Å². The van der Waals surface area contributed by atoms with Gasteiger partial charge in [0.05, 0.1) is 19.8 Å². The zero-order valence-corrected chi connectivity index (χ0v) is 22.5. The number of rotatable bonds is 11. The van der Waals surface area contributed by atoms with Gasteiger partial charge in [-0.1, -0.05) is 12.1 Å². The number of nitrogens with one attached hydrogen (secondary N) is 1. The third-order valence-electron chi connectivity index (χ3n) is 6.21. The zero-order chi connectivity index (χ0) is 26.3. The number of nitrogens with zero attached hydrogens (tertiary/aromatic N) is 5. The molecule has 2 amide bonds. The van der Waals surface area contributed by atoms with Crippen LogP contribution in [0.15, 0.2) is 59.3 Å². The van der Waals surface area contributed by atoms with Crippen molar-refractivity contribution in [2.45, 2.75) is 38.1 Å². The van der Waals surface area contributed by atoms with E-state index in [1.54, 1.807) is 12.0 Å². The molecule has 3 aromatic heterocycles. The standard InChI is InChI=1S/C26H28N6O4S2/c1-35-19-10-8-18(9-11-19)25-28-30-32(29-25)17-23(33)31(16-21-6-3-13-37-21)24(22-7-4-14-38-22)26(34)27-15-20-5-2-12-36-20/h3-4,6-11,13-14,20,24H,2,5,12,15-17H2,1H3,(H,27,34)/t20-,24-/m0/s1. The highest BCUT2D eigenvalue weighted by atomic mass is 32.1. The van der Waals surface area contributed by atoms with Crippen LogP contribution >= 0.6 is 22.7 Å². The van der Waals surface area contributed by atoms with Gasteiger partial charge < -0.3 is 19.7 Å². The summed E-state index contributed by atoms with van der Waals surface area (Å²) in [6.07, 6.45) is 1.90. The van der Waals surface area contributed by atoms with Crippen LogP contribution < -0.4 is 10.1 Å². The Morgan fingerprint density at radius 2 is 2.00 bits per heavy atom. The number of ether oxygens (including phenoxy) is 2. The van der Waals surface area contributed by atoms with E-state index in [0.717, 1.165) is 33.9 Å². The first-order chi connectivity index (χ1) is 18.6. The maximum absolute atomic E-state index is 13.8. The van der Waals surface area contributed by atoms with Crippen molar-refractivity contribution < 1.29 is 19.1 Å². The quantitative estimate of drug-likeness (QED) is 0.303. The van der Waals surface area contributed by atoms with Crippen molar-refractivity contribution in [3.05, 3.63) is 69.0 Å². The predicted octanol–water partition coefficient (Wildman–Crippen LogP) is 3.54. The molecule has 38 heavy (non-hydrogen) atoms. The summed E-state index contributed by atoms with van der Waals surface area (Å²) in [5, 5.41) is 19.5. The summed E-state index contributed by atoms with van der Waals surface area (Å²) < 4.78 is 10.9. The van der Waals surface area contributed by atoms with Gasteiger partial charge in [0.15, 0.2) is 0 Å². The van der Waals surface area contributed by atoms with Gasteiger partial charge in [-0.3, -0.25) is 9.59 Å². The average molecular weight is 553 g/mol. The first-order valence-corrected chi connectivity index (χ1v) is 14.0. The van der Waals surface area contributed by atoms with Crippen LogP contribution in [-0.2, 0) is 27.4 Å². The Labute approximate surface area is 228 Å². The van der Waals surface area contributed by atoms with Gasteiger partial charge in [-0.2, -0.15) is 4.80 Å². The second kappa shape index (κ2) is 12.3. The fraction of sp³-hybridized carbons (Fsp3) is 0.346. The van der Waals surface area contributed by atoms with Crippen molar-refractivity contribution in [1.82, 2.24) is 30.4 Å². The van der Waals surface area contributed by atoms with Crippen LogP contribution in [0.25, 0.3) is 11.4 Å². The highest BCUT2D eigenvalue weighted by molar-refractivity contribution is 7.10. The Morgan fingerprint density at radius 3 is 2.68 bits per heavy atom. The van der Waals surface area contributed by atoms with Gasteiger partial charge in [0, 0.05) is 28.5 Å². The maximum Gasteiger partial charge on any atom is 0.248 e. The summed E-state index contributed by atoms with van der Waals surface area (Å²) in [6.45, 7) is 1.25. The molecule has 0 radical (unpaired) electrons. The highest BCUT2D eigenvalue weighted by Gasteiger charge is 2.33. The summed E-state index contributed by atoms with van der Waals surface area (Å²) in [5.41, 5.74) is 0.755. The monoisotopic (exact) mass is 552 g/mol. The molecule has 1 N–H and O–H groups in total. The summed E-state index contributed by atoms with van der Waals surface area (Å²) in [4.78, 5) is 31.9. The lowest BCUT2D eigenvalue weighted by Crippen LogP contribution is -2.45. The molecule has 0 saturated carbocycles. The fourth-order valence-electron chi connectivity index (χ4n) is 4.26. The molecule has 10 nitrogen and oxygen atoms in total. The molecule has 1 fully saturated rings. The Hall–Kier alpha value is -3.61. The van der Waals surface area contributed by atoms with E-state index in [4.69, 9.17) is 9.47 Å². The number of hydrogen-bond donors (Lipinski definition) is 1. The molecular formula is C26H28N6O4S2. The number of carbonyl (C=O) groups is 2. The minimum absolute atomic E-state index is 0.0000995. The molecule has 2 atom stereocenters. The largest absolute Gasteiger partial charge is 0.497 e. The van der Waals surface area contributed by atoms with Gasteiger partial charge in [-0.15, -0.1) is 32.9 Å². The van der Waals surface area contributed by atoms with Crippen molar-refractivity contribution in [3.63, 3.8) is 0 Å². The van der Waals surface area contributed by atoms with E-state index in [9.17, 15) is 9.59 Å². The van der Waals surface area contributed by atoms with Crippen LogP contribution in [0, 0.1) is 0 Å². The molecule has 1 aliphatic rings. The third kappa shape index (κ3) is 6.26. The van der Waals surface area contributed by atoms with E-state index < -0.39 is 6.04 Å². The van der Waals surface area contributed by atoms with Gasteiger partial charge in [-0.05, 0) is 65.2 Å². The van der Waals surface area contributed by atoms with Crippen LogP contribution in [0.5, 0.6) is 5.75 Å². The van der Waals surface area contributed by atoms with Gasteiger partial charge in [0.25, 0.3) is 0 Å². The number of tetrazole rings is 1. The Kier molecular flexibility index (Phi) is 8.41. The number of thiophene rings is 2. The molecule has 4 aromatic rings. The van der Waals surface area contributed by atoms with E-state index in [2.05, 4.69) is 20.7 Å². The van der Waals surface area contributed by atoms with Crippen LogP contribution in [0.2, 0.25) is 0 Å². The summed E-state index contributed by atoms with van der Waals surface area (Å²) in [7, 11) is 1.60. The highest BCUT2D eigenvalue weighted by Crippen LogP contribution is 2.29. The van der Waals surface area contributed by atoms with Crippen LogP contribution in [0.4, 0.5) is 0 Å². The molecule has 1 aromatic carbocycles. The Balaban J connectivity index is 1.37. The normalized spacial score (nSPS) is 15.8. The second-order valence-corrected chi connectivity index (χ2v) is 10.8. The summed E-state index contributed by atoms with van der Waals surface area (Å²) in [5.74, 6) is 0.591. The predicted molar refractivity (Wildman–Crippen MR) is 144 cm³/mol. The van der Waals surface area contributed by atoms with E-state index in [1.165, 1.54) is 27.5 Å². The number of carbonyl (C=O) groups excluding carboxylic acids is 2. The van der Waals surface area contributed by atoms with Crippen molar-refractivity contribution in [2.75, 3.05) is 20.3 Å². The van der Waals surface area contributed by atoms with Crippen LogP contribution in [0.3, 0.4) is 0 Å². The lowest BCUT2D eigenvalue weighted by molar-refractivity contribution is -0.142. The summed E-state index contributed by atoms with van der Waals surface area (Å²) >= 11 is 2.98. The van der Waals surface area contributed by atoms with Crippen LogP contribution in [0.1, 0.15) is 28.6 Å². The number of aromatic nitrogens is 4. The molecular weight excluding hydrogens is 524 g/mol. The lowest BCUT2D eigenvalue weighted by Gasteiger charge is -2.30. The topological polar surface area (TPSA) is 111 Å². The first-order valence-electron chi connectivity index (χ1n) is 12.3.